The molecule has 1 aliphatic rings. The van der Waals surface area contributed by atoms with Crippen molar-refractivity contribution in [3.8, 4) is 0 Å². The number of carbonyl (C=O) groups is 1. The van der Waals surface area contributed by atoms with Crippen molar-refractivity contribution in [3.05, 3.63) is 30.1 Å². The van der Waals surface area contributed by atoms with Gasteiger partial charge in [0.2, 0.25) is 5.91 Å². The first-order valence-corrected chi connectivity index (χ1v) is 8.76. The van der Waals surface area contributed by atoms with Gasteiger partial charge in [0.05, 0.1) is 19.4 Å². The third kappa shape index (κ3) is 5.32. The van der Waals surface area contributed by atoms with E-state index in [2.05, 4.69) is 15.2 Å². The van der Waals surface area contributed by atoms with E-state index < -0.39 is 0 Å². The number of hydrogen-bond acceptors (Lipinski definition) is 4. The molecule has 0 spiro atoms. The average molecular weight is 332 g/mol. The number of nitrogens with zero attached hydrogens (tertiary/aromatic N) is 3. The number of nitrogens with one attached hydrogen (secondary N) is 1. The average Bonchev–Trinajstić information content (AvgIpc) is 2.99. The van der Waals surface area contributed by atoms with Gasteiger partial charge in [0.15, 0.2) is 5.82 Å². The molecule has 1 amide bonds. The van der Waals surface area contributed by atoms with E-state index >= 15 is 0 Å². The summed E-state index contributed by atoms with van der Waals surface area (Å²) in [6.07, 6.45) is 5.22. The van der Waals surface area contributed by atoms with Crippen molar-refractivity contribution < 1.29 is 9.53 Å². The molecule has 1 saturated heterocycles. The van der Waals surface area contributed by atoms with Gasteiger partial charge in [-0.15, -0.1) is 0 Å². The smallest absolute Gasteiger partial charge is 0.225 e. The molecule has 2 aromatic rings. The number of fused-ring (bicyclic) bond motifs is 1. The fourth-order valence-electron chi connectivity index (χ4n) is 2.66. The summed E-state index contributed by atoms with van der Waals surface area (Å²) in [5.74, 6) is 0.635. The molecule has 0 aliphatic carbocycles. The molecular weight excluding hydrogens is 304 g/mol. The Morgan fingerprint density at radius 1 is 1.25 bits per heavy atom. The maximum atomic E-state index is 12.0. The quantitative estimate of drug-likeness (QED) is 0.914. The van der Waals surface area contributed by atoms with Crippen molar-refractivity contribution in [2.24, 2.45) is 0 Å². The molecule has 0 aromatic carbocycles. The fraction of sp³-hybridized carbons (Fsp3) is 0.556. The second-order valence-electron chi connectivity index (χ2n) is 5.70. The molecule has 1 N–H and O–H groups in total. The van der Waals surface area contributed by atoms with Crippen LogP contribution in [0.5, 0.6) is 0 Å². The van der Waals surface area contributed by atoms with Crippen LogP contribution in [0.3, 0.4) is 0 Å². The van der Waals surface area contributed by atoms with Crippen LogP contribution in [-0.4, -0.2) is 53.0 Å². The number of pyridine rings is 1. The number of carbonyl (C=O) groups excluding carboxylic acids is 1. The minimum atomic E-state index is 0.0217. The Hall–Kier alpha value is -1.92. The van der Waals surface area contributed by atoms with Crippen molar-refractivity contribution in [2.45, 2.75) is 33.6 Å². The topological polar surface area (TPSA) is 58.9 Å². The van der Waals surface area contributed by atoms with Crippen LogP contribution in [0.15, 0.2) is 24.5 Å². The van der Waals surface area contributed by atoms with Crippen LogP contribution in [0, 0.1) is 6.92 Å². The zero-order chi connectivity index (χ0) is 17.4. The van der Waals surface area contributed by atoms with Crippen molar-refractivity contribution in [1.82, 2.24) is 14.3 Å². The first-order chi connectivity index (χ1) is 11.7. The molecule has 132 valence electrons. The highest BCUT2D eigenvalue weighted by molar-refractivity contribution is 5.90. The van der Waals surface area contributed by atoms with Crippen molar-refractivity contribution >= 4 is 17.4 Å². The van der Waals surface area contributed by atoms with Gasteiger partial charge < -0.3 is 14.5 Å². The van der Waals surface area contributed by atoms with Gasteiger partial charge >= 0.3 is 0 Å². The van der Waals surface area contributed by atoms with Gasteiger partial charge in [-0.25, -0.2) is 4.98 Å². The van der Waals surface area contributed by atoms with Gasteiger partial charge in [0.1, 0.15) is 5.65 Å². The summed E-state index contributed by atoms with van der Waals surface area (Å²) in [5, 5.41) is 2.87. The lowest BCUT2D eigenvalue weighted by molar-refractivity contribution is -0.116. The Kier molecular flexibility index (Phi) is 7.21. The molecule has 0 unspecified atom stereocenters. The molecule has 0 bridgehead atoms. The number of morpholine rings is 1. The molecule has 0 atom stereocenters. The number of ether oxygens (including phenoxy) is 1. The first kappa shape index (κ1) is 18.4. The summed E-state index contributed by atoms with van der Waals surface area (Å²) in [5.41, 5.74) is 2.00. The van der Waals surface area contributed by atoms with Crippen LogP contribution in [0.4, 0.5) is 5.82 Å². The maximum absolute atomic E-state index is 12.0. The summed E-state index contributed by atoms with van der Waals surface area (Å²) < 4.78 is 7.24. The predicted octanol–water partition coefficient (Wildman–Crippen LogP) is 2.72. The van der Waals surface area contributed by atoms with Crippen molar-refractivity contribution in [2.75, 3.05) is 38.2 Å². The van der Waals surface area contributed by atoms with E-state index in [0.29, 0.717) is 12.2 Å². The number of amides is 1. The van der Waals surface area contributed by atoms with Crippen LogP contribution in [0.1, 0.15) is 32.3 Å². The summed E-state index contributed by atoms with van der Waals surface area (Å²) in [6, 6.07) is 3.96. The lowest BCUT2D eigenvalue weighted by Gasteiger charge is -2.26. The summed E-state index contributed by atoms with van der Waals surface area (Å²) in [6.45, 7) is 10.5. The predicted molar refractivity (Wildman–Crippen MR) is 96.4 cm³/mol. The maximum Gasteiger partial charge on any atom is 0.225 e. The fourth-order valence-corrected chi connectivity index (χ4v) is 2.66. The number of rotatable bonds is 5. The molecule has 3 rings (SSSR count). The zero-order valence-electron chi connectivity index (χ0n) is 14.9. The Morgan fingerprint density at radius 3 is 2.75 bits per heavy atom. The molecule has 0 saturated carbocycles. The van der Waals surface area contributed by atoms with Crippen LogP contribution in [-0.2, 0) is 9.53 Å². The van der Waals surface area contributed by atoms with E-state index in [1.54, 1.807) is 0 Å². The Morgan fingerprint density at radius 2 is 2.00 bits per heavy atom. The van der Waals surface area contributed by atoms with Crippen LogP contribution in [0.25, 0.3) is 5.65 Å². The van der Waals surface area contributed by atoms with E-state index in [4.69, 9.17) is 4.74 Å². The van der Waals surface area contributed by atoms with Gasteiger partial charge in [0.25, 0.3) is 0 Å². The van der Waals surface area contributed by atoms with Crippen molar-refractivity contribution in [3.63, 3.8) is 0 Å². The summed E-state index contributed by atoms with van der Waals surface area (Å²) >= 11 is 0. The molecule has 3 heterocycles. The zero-order valence-corrected chi connectivity index (χ0v) is 14.9. The Bertz CT molecular complexity index is 648. The molecule has 0 radical (unpaired) electrons. The number of anilines is 1. The van der Waals surface area contributed by atoms with E-state index in [-0.39, 0.29) is 5.91 Å². The number of imidazole rings is 1. The van der Waals surface area contributed by atoms with Crippen molar-refractivity contribution in [1.29, 1.82) is 0 Å². The third-order valence-electron chi connectivity index (χ3n) is 3.85. The highest BCUT2D eigenvalue weighted by Gasteiger charge is 2.11. The minimum Gasteiger partial charge on any atom is -0.379 e. The Labute approximate surface area is 143 Å². The van der Waals surface area contributed by atoms with Gasteiger partial charge in [-0.1, -0.05) is 19.9 Å². The number of aryl methyl sites for hydroxylation is 1. The minimum absolute atomic E-state index is 0.0217. The van der Waals surface area contributed by atoms with E-state index in [1.807, 2.05) is 49.7 Å². The SMILES string of the molecule is CC.Cc1ccc2nc(NC(=O)CCCN3CCOCC3)cn2c1. The molecular formula is C18H28N4O2. The van der Waals surface area contributed by atoms with Gasteiger partial charge in [0, 0.05) is 25.7 Å². The lowest BCUT2D eigenvalue weighted by atomic mass is 10.2. The van der Waals surface area contributed by atoms with E-state index in [1.165, 1.54) is 0 Å². The molecule has 1 aliphatic heterocycles. The van der Waals surface area contributed by atoms with Crippen LogP contribution in [0.2, 0.25) is 0 Å². The molecule has 6 heteroatoms. The highest BCUT2D eigenvalue weighted by Crippen LogP contribution is 2.11. The van der Waals surface area contributed by atoms with Crippen LogP contribution >= 0.6 is 0 Å². The second kappa shape index (κ2) is 9.39. The summed E-state index contributed by atoms with van der Waals surface area (Å²) in [4.78, 5) is 18.7. The normalized spacial score (nSPS) is 15.0. The Balaban J connectivity index is 0.00000100. The van der Waals surface area contributed by atoms with Gasteiger partial charge in [-0.3, -0.25) is 9.69 Å². The van der Waals surface area contributed by atoms with Gasteiger partial charge in [-0.05, 0) is 31.5 Å². The lowest BCUT2D eigenvalue weighted by Crippen LogP contribution is -2.37. The molecule has 24 heavy (non-hydrogen) atoms. The highest BCUT2D eigenvalue weighted by atomic mass is 16.5. The van der Waals surface area contributed by atoms with Gasteiger partial charge in [-0.2, -0.15) is 0 Å². The summed E-state index contributed by atoms with van der Waals surface area (Å²) in [7, 11) is 0. The third-order valence-corrected chi connectivity index (χ3v) is 3.85. The molecule has 6 nitrogen and oxygen atoms in total. The first-order valence-electron chi connectivity index (χ1n) is 8.76. The molecule has 1 fully saturated rings. The number of aromatic nitrogens is 2. The number of hydrogen-bond donors (Lipinski definition) is 1. The second-order valence-corrected chi connectivity index (χ2v) is 5.70. The monoisotopic (exact) mass is 332 g/mol. The largest absolute Gasteiger partial charge is 0.379 e. The van der Waals surface area contributed by atoms with E-state index in [9.17, 15) is 4.79 Å². The molecule has 2 aromatic heterocycles. The standard InChI is InChI=1S/C16H22N4O2.C2H6/c1-13-4-5-15-17-14(12-20(15)11-13)18-16(21)3-2-6-19-7-9-22-10-8-19;1-2/h4-5,11-12H,2-3,6-10H2,1H3,(H,18,21);1-2H3. The van der Waals surface area contributed by atoms with Crippen LogP contribution < -0.4 is 5.32 Å². The van der Waals surface area contributed by atoms with E-state index in [0.717, 1.165) is 50.5 Å².